The Morgan fingerprint density at radius 3 is 2.62 bits per heavy atom. The number of hydrogen-bond acceptors (Lipinski definition) is 2. The van der Waals surface area contributed by atoms with Crippen LogP contribution in [0, 0.1) is 11.3 Å². The SMILES string of the molecule is CC(C)c1cc(-c2cccc(C#N)c2)cs1. The van der Waals surface area contributed by atoms with Crippen molar-refractivity contribution in [2.24, 2.45) is 0 Å². The van der Waals surface area contributed by atoms with Crippen molar-refractivity contribution in [3.63, 3.8) is 0 Å². The second-order valence-electron chi connectivity index (χ2n) is 4.09. The summed E-state index contributed by atoms with van der Waals surface area (Å²) in [6.45, 7) is 4.39. The fourth-order valence-corrected chi connectivity index (χ4v) is 2.51. The highest BCUT2D eigenvalue weighted by atomic mass is 32.1. The van der Waals surface area contributed by atoms with Crippen LogP contribution in [0.4, 0.5) is 0 Å². The summed E-state index contributed by atoms with van der Waals surface area (Å²) in [7, 11) is 0. The Morgan fingerprint density at radius 2 is 2.00 bits per heavy atom. The summed E-state index contributed by atoms with van der Waals surface area (Å²) in [4.78, 5) is 1.39. The molecule has 0 aliphatic heterocycles. The Balaban J connectivity index is 2.39. The van der Waals surface area contributed by atoms with E-state index in [-0.39, 0.29) is 0 Å². The maximum Gasteiger partial charge on any atom is 0.0991 e. The average molecular weight is 227 g/mol. The zero-order valence-corrected chi connectivity index (χ0v) is 10.2. The first kappa shape index (κ1) is 10.9. The summed E-state index contributed by atoms with van der Waals surface area (Å²) in [6.07, 6.45) is 0. The van der Waals surface area contributed by atoms with E-state index in [1.54, 1.807) is 11.3 Å². The second kappa shape index (κ2) is 4.51. The molecule has 0 amide bonds. The topological polar surface area (TPSA) is 23.8 Å². The van der Waals surface area contributed by atoms with E-state index >= 15 is 0 Å². The van der Waals surface area contributed by atoms with Gasteiger partial charge in [0.25, 0.3) is 0 Å². The Morgan fingerprint density at radius 1 is 1.19 bits per heavy atom. The molecule has 0 saturated heterocycles. The van der Waals surface area contributed by atoms with Gasteiger partial charge in [-0.1, -0.05) is 26.0 Å². The molecule has 16 heavy (non-hydrogen) atoms. The van der Waals surface area contributed by atoms with E-state index < -0.39 is 0 Å². The third kappa shape index (κ3) is 2.15. The zero-order valence-electron chi connectivity index (χ0n) is 9.40. The summed E-state index contributed by atoms with van der Waals surface area (Å²) < 4.78 is 0. The Bertz CT molecular complexity index is 532. The van der Waals surface area contributed by atoms with Crippen molar-refractivity contribution in [3.8, 4) is 17.2 Å². The molecule has 1 heterocycles. The first-order valence-electron chi connectivity index (χ1n) is 5.29. The van der Waals surface area contributed by atoms with Crippen LogP contribution in [0.15, 0.2) is 35.7 Å². The highest BCUT2D eigenvalue weighted by molar-refractivity contribution is 7.10. The highest BCUT2D eigenvalue weighted by Crippen LogP contribution is 2.30. The molecule has 0 spiro atoms. The van der Waals surface area contributed by atoms with Gasteiger partial charge in [-0.25, -0.2) is 0 Å². The van der Waals surface area contributed by atoms with Crippen molar-refractivity contribution in [3.05, 3.63) is 46.2 Å². The molecule has 0 saturated carbocycles. The maximum atomic E-state index is 8.85. The first-order valence-corrected chi connectivity index (χ1v) is 6.17. The van der Waals surface area contributed by atoms with Gasteiger partial charge < -0.3 is 0 Å². The van der Waals surface area contributed by atoms with Gasteiger partial charge in [-0.3, -0.25) is 0 Å². The quantitative estimate of drug-likeness (QED) is 0.745. The van der Waals surface area contributed by atoms with Crippen molar-refractivity contribution >= 4 is 11.3 Å². The van der Waals surface area contributed by atoms with Crippen LogP contribution in [0.25, 0.3) is 11.1 Å². The van der Waals surface area contributed by atoms with E-state index in [9.17, 15) is 0 Å². The predicted molar refractivity (Wildman–Crippen MR) is 68.6 cm³/mol. The molecule has 2 aromatic rings. The summed E-state index contributed by atoms with van der Waals surface area (Å²) in [5, 5.41) is 11.0. The van der Waals surface area contributed by atoms with Gasteiger partial charge in [0.05, 0.1) is 11.6 Å². The van der Waals surface area contributed by atoms with E-state index in [0.29, 0.717) is 5.92 Å². The fraction of sp³-hybridized carbons (Fsp3) is 0.214. The van der Waals surface area contributed by atoms with Crippen LogP contribution < -0.4 is 0 Å². The lowest BCUT2D eigenvalue weighted by molar-refractivity contribution is 0.890. The monoisotopic (exact) mass is 227 g/mol. The standard InChI is InChI=1S/C14H13NS/c1-10(2)14-7-13(9-16-14)12-5-3-4-11(6-12)8-15/h3-7,9-10H,1-2H3. The molecule has 0 unspecified atom stereocenters. The summed E-state index contributed by atoms with van der Waals surface area (Å²) in [5.74, 6) is 0.567. The van der Waals surface area contributed by atoms with Gasteiger partial charge in [-0.15, -0.1) is 11.3 Å². The molecule has 0 aliphatic rings. The molecule has 2 rings (SSSR count). The molecule has 1 nitrogen and oxygen atoms in total. The van der Waals surface area contributed by atoms with Crippen LogP contribution in [0.1, 0.15) is 30.2 Å². The minimum Gasteiger partial charge on any atom is -0.192 e. The van der Waals surface area contributed by atoms with Gasteiger partial charge in [0.2, 0.25) is 0 Å². The lowest BCUT2D eigenvalue weighted by atomic mass is 10.0. The lowest BCUT2D eigenvalue weighted by Gasteiger charge is -1.99. The average Bonchev–Trinajstić information content (AvgIpc) is 2.78. The summed E-state index contributed by atoms with van der Waals surface area (Å²) in [5.41, 5.74) is 3.06. The minimum atomic E-state index is 0.567. The van der Waals surface area contributed by atoms with E-state index in [1.807, 2.05) is 24.3 Å². The van der Waals surface area contributed by atoms with E-state index in [2.05, 4.69) is 31.4 Å². The molecule has 1 aromatic carbocycles. The van der Waals surface area contributed by atoms with Gasteiger partial charge in [-0.05, 0) is 40.6 Å². The molecule has 0 bridgehead atoms. The van der Waals surface area contributed by atoms with Crippen LogP contribution in [0.2, 0.25) is 0 Å². The molecular formula is C14H13NS. The number of nitriles is 1. The van der Waals surface area contributed by atoms with Gasteiger partial charge in [0.15, 0.2) is 0 Å². The molecule has 0 aliphatic carbocycles. The molecule has 80 valence electrons. The van der Waals surface area contributed by atoms with E-state index in [1.165, 1.54) is 10.4 Å². The summed E-state index contributed by atoms with van der Waals surface area (Å²) >= 11 is 1.78. The number of thiophene rings is 1. The van der Waals surface area contributed by atoms with Crippen molar-refractivity contribution < 1.29 is 0 Å². The third-order valence-corrected chi connectivity index (χ3v) is 3.75. The molecule has 2 heteroatoms. The third-order valence-electron chi connectivity index (χ3n) is 2.51. The van der Waals surface area contributed by atoms with Gasteiger partial charge in [0, 0.05) is 4.88 Å². The first-order chi connectivity index (χ1) is 7.70. The number of benzene rings is 1. The normalized spacial score (nSPS) is 10.4. The van der Waals surface area contributed by atoms with Crippen molar-refractivity contribution in [2.45, 2.75) is 19.8 Å². The Kier molecular flexibility index (Phi) is 3.07. The molecule has 0 radical (unpaired) electrons. The molecule has 1 aromatic heterocycles. The number of rotatable bonds is 2. The Hall–Kier alpha value is -1.59. The van der Waals surface area contributed by atoms with Crippen LogP contribution in [-0.2, 0) is 0 Å². The van der Waals surface area contributed by atoms with E-state index in [0.717, 1.165) is 11.1 Å². The fourth-order valence-electron chi connectivity index (χ4n) is 1.58. The number of hydrogen-bond donors (Lipinski definition) is 0. The van der Waals surface area contributed by atoms with Crippen LogP contribution in [0.3, 0.4) is 0 Å². The van der Waals surface area contributed by atoms with Crippen molar-refractivity contribution in [1.29, 1.82) is 5.26 Å². The van der Waals surface area contributed by atoms with E-state index in [4.69, 9.17) is 5.26 Å². The predicted octanol–water partition coefficient (Wildman–Crippen LogP) is 4.41. The smallest absolute Gasteiger partial charge is 0.0991 e. The zero-order chi connectivity index (χ0) is 11.5. The lowest BCUT2D eigenvalue weighted by Crippen LogP contribution is -1.80. The molecule has 0 N–H and O–H groups in total. The minimum absolute atomic E-state index is 0.567. The largest absolute Gasteiger partial charge is 0.192 e. The maximum absolute atomic E-state index is 8.85. The van der Waals surface area contributed by atoms with Gasteiger partial charge in [0.1, 0.15) is 0 Å². The van der Waals surface area contributed by atoms with Crippen molar-refractivity contribution in [1.82, 2.24) is 0 Å². The van der Waals surface area contributed by atoms with Crippen LogP contribution in [-0.4, -0.2) is 0 Å². The second-order valence-corrected chi connectivity index (χ2v) is 5.03. The molecule has 0 atom stereocenters. The molecular weight excluding hydrogens is 214 g/mol. The van der Waals surface area contributed by atoms with Crippen LogP contribution in [0.5, 0.6) is 0 Å². The van der Waals surface area contributed by atoms with Crippen LogP contribution >= 0.6 is 11.3 Å². The van der Waals surface area contributed by atoms with Crippen molar-refractivity contribution in [2.75, 3.05) is 0 Å². The Labute approximate surface area is 100.0 Å². The summed E-state index contributed by atoms with van der Waals surface area (Å²) in [6, 6.07) is 12.1. The van der Waals surface area contributed by atoms with Gasteiger partial charge >= 0.3 is 0 Å². The highest BCUT2D eigenvalue weighted by Gasteiger charge is 2.05. The van der Waals surface area contributed by atoms with Gasteiger partial charge in [-0.2, -0.15) is 5.26 Å². The number of nitrogens with zero attached hydrogens (tertiary/aromatic N) is 1. The molecule has 0 fully saturated rings.